The van der Waals surface area contributed by atoms with E-state index in [0.717, 1.165) is 0 Å². The van der Waals surface area contributed by atoms with Crippen molar-refractivity contribution in [2.45, 2.75) is 73.1 Å². The van der Waals surface area contributed by atoms with Crippen molar-refractivity contribution in [3.8, 4) is 0 Å². The van der Waals surface area contributed by atoms with Gasteiger partial charge in [-0.2, -0.15) is 78.3 Å². The molecule has 0 aromatic carbocycles. The second kappa shape index (κ2) is 10.9. The first-order valence-corrected chi connectivity index (χ1v) is 11.4. The molecule has 0 bridgehead atoms. The molecule has 38 heavy (non-hydrogen) atoms. The Kier molecular flexibility index (Phi) is 9.44. The number of hydrogen-bond donors (Lipinski definition) is 1. The zero-order valence-corrected chi connectivity index (χ0v) is 18.8. The van der Waals surface area contributed by atoms with Crippen LogP contribution in [0.25, 0.3) is 0 Å². The van der Waals surface area contributed by atoms with Gasteiger partial charge in [0.05, 0.1) is 18.1 Å². The highest BCUT2D eigenvalue weighted by molar-refractivity contribution is 7.87. The van der Waals surface area contributed by atoms with Gasteiger partial charge in [0.25, 0.3) is 0 Å². The van der Waals surface area contributed by atoms with E-state index >= 15 is 0 Å². The van der Waals surface area contributed by atoms with Gasteiger partial charge in [0, 0.05) is 1.37 Å². The third-order valence-electron chi connectivity index (χ3n) is 4.17. The van der Waals surface area contributed by atoms with Gasteiger partial charge in [0.1, 0.15) is 0 Å². The Morgan fingerprint density at radius 1 is 0.711 bits per heavy atom. The normalized spacial score (nSPS) is 19.4. The average Bonchev–Trinajstić information content (AvgIpc) is 2.70. The molecule has 0 aliphatic carbocycles. The summed E-state index contributed by atoms with van der Waals surface area (Å²) in [4.78, 5) is 0. The number of aliphatic hydroxyl groups is 1. The molecule has 1 N–H and O–H groups in total. The Bertz CT molecular complexity index is 1060. The predicted molar refractivity (Wildman–Crippen MR) is 86.1 cm³/mol. The van der Waals surface area contributed by atoms with Crippen LogP contribution in [0.1, 0.15) is 21.1 Å². The Balaban J connectivity index is 6.81. The molecule has 0 spiro atoms. The molecule has 0 saturated carbocycles. The van der Waals surface area contributed by atoms with Gasteiger partial charge in [0.2, 0.25) is 1.43 Å². The number of rotatable bonds is 14. The van der Waals surface area contributed by atoms with Gasteiger partial charge >= 0.3 is 55.5 Å². The maximum absolute atomic E-state index is 13.8. The van der Waals surface area contributed by atoms with Gasteiger partial charge in [-0.15, -0.1) is 0 Å². The Morgan fingerprint density at radius 3 is 1.39 bits per heavy atom. The van der Waals surface area contributed by atoms with E-state index in [-0.39, 0.29) is 0 Å². The van der Waals surface area contributed by atoms with Crippen molar-refractivity contribution < 1.29 is 102 Å². The van der Waals surface area contributed by atoms with Gasteiger partial charge in [-0.05, 0) is 19.7 Å². The fourth-order valence-corrected chi connectivity index (χ4v) is 2.92. The molecular weight excluding hydrogens is 636 g/mol. The van der Waals surface area contributed by atoms with E-state index in [9.17, 15) is 86.1 Å². The first kappa shape index (κ1) is 32.9. The molecule has 0 aliphatic heterocycles. The molecule has 0 rings (SSSR count). The minimum absolute atomic E-state index is 2.33. The third-order valence-corrected chi connectivity index (χ3v) is 5.87. The summed E-state index contributed by atoms with van der Waals surface area (Å²) in [6.07, 6.45) is -42.9. The molecule has 4 atom stereocenters. The smallest absolute Gasteiger partial charge is 0.383 e. The number of aliphatic hydroxyl groups excluding tert-OH is 1. The van der Waals surface area contributed by atoms with E-state index < -0.39 is 99.5 Å². The summed E-state index contributed by atoms with van der Waals surface area (Å²) in [5.41, 5.74) is 0. The van der Waals surface area contributed by atoms with Crippen LogP contribution < -0.4 is 0 Å². The standard InChI is InChI=1S/C13H12F16O7S2/c1-4(35-10(20,21)12(24,25)37(28,31)32)6(36-11(22,23)13(26,27)38(29,33)34)3-2-5(8(14,15)16)7(30)9(17,18)19/h4-7,30H,2-3H2,1H3/i1T,30T. The quantitative estimate of drug-likeness (QED) is 0.216. The van der Waals surface area contributed by atoms with Crippen molar-refractivity contribution in [2.75, 3.05) is 0 Å². The Hall–Kier alpha value is -1.34. The highest BCUT2D eigenvalue weighted by Gasteiger charge is 2.71. The summed E-state index contributed by atoms with van der Waals surface area (Å²) in [7, 11) is -15.5. The average molecular weight is 652 g/mol. The van der Waals surface area contributed by atoms with Gasteiger partial charge in [0.15, 0.2) is 6.10 Å². The monoisotopic (exact) mass is 652 g/mol. The fraction of sp³-hybridized carbons (Fsp3) is 1.00. The molecule has 0 aromatic rings. The lowest BCUT2D eigenvalue weighted by Gasteiger charge is -2.34. The first-order valence-electron chi connectivity index (χ1n) is 9.73. The van der Waals surface area contributed by atoms with Crippen LogP contribution in [0.3, 0.4) is 0 Å². The highest BCUT2D eigenvalue weighted by Crippen LogP contribution is 2.46. The first-order chi connectivity index (χ1) is 17.3. The summed E-state index contributed by atoms with van der Waals surface area (Å²) in [6.45, 7) is -2.33. The Morgan fingerprint density at radius 2 is 1.11 bits per heavy atom. The molecule has 7 nitrogen and oxygen atoms in total. The van der Waals surface area contributed by atoms with E-state index in [1.54, 1.807) is 0 Å². The van der Waals surface area contributed by atoms with Crippen LogP contribution >= 0.6 is 0 Å². The second-order valence-corrected chi connectivity index (χ2v) is 9.72. The molecule has 0 aliphatic rings. The molecule has 4 unspecified atom stereocenters. The maximum Gasteiger partial charge on any atom is 0.464 e. The van der Waals surface area contributed by atoms with Crippen LogP contribution in [0.15, 0.2) is 0 Å². The lowest BCUT2D eigenvalue weighted by Crippen LogP contribution is -2.54. The maximum atomic E-state index is 13.8. The number of alkyl halides is 14. The van der Waals surface area contributed by atoms with Crippen LogP contribution in [-0.2, 0) is 29.9 Å². The van der Waals surface area contributed by atoms with Gasteiger partial charge in [-0.3, -0.25) is 0 Å². The van der Waals surface area contributed by atoms with E-state index in [2.05, 4.69) is 14.6 Å². The molecule has 0 radical (unpaired) electrons. The third kappa shape index (κ3) is 8.09. The number of halogens is 16. The van der Waals surface area contributed by atoms with E-state index in [1.807, 2.05) is 0 Å². The largest absolute Gasteiger partial charge is 0.464 e. The minimum atomic E-state index is -7.77. The summed E-state index contributed by atoms with van der Waals surface area (Å²) in [6, 6.07) is 0. The second-order valence-electron chi connectivity index (χ2n) is 6.94. The van der Waals surface area contributed by atoms with Crippen LogP contribution in [-0.4, -0.2) is 76.8 Å². The summed E-state index contributed by atoms with van der Waals surface area (Å²) in [5, 5.41) is -11.2. The van der Waals surface area contributed by atoms with Crippen LogP contribution in [0.5, 0.6) is 0 Å². The lowest BCUT2D eigenvalue weighted by atomic mass is 9.93. The molecule has 0 heterocycles. The number of hydrogen-bond acceptors (Lipinski definition) is 7. The van der Waals surface area contributed by atoms with Crippen molar-refractivity contribution in [1.29, 1.82) is 1.43 Å². The predicted octanol–water partition coefficient (Wildman–Crippen LogP) is 4.63. The van der Waals surface area contributed by atoms with Gasteiger partial charge in [-0.25, -0.2) is 0 Å². The summed E-state index contributed by atoms with van der Waals surface area (Å²) in [5.74, 6) is -4.10. The van der Waals surface area contributed by atoms with Crippen LogP contribution in [0.2, 0.25) is 0 Å². The summed E-state index contributed by atoms with van der Waals surface area (Å²) >= 11 is 0. The molecular formula is C13H12F16O7S2. The lowest BCUT2D eigenvalue weighted by molar-refractivity contribution is -0.375. The molecule has 0 aromatic heterocycles. The zero-order chi connectivity index (χ0) is 32.6. The van der Waals surface area contributed by atoms with Crippen molar-refractivity contribution in [2.24, 2.45) is 5.92 Å². The van der Waals surface area contributed by atoms with Crippen LogP contribution in [0.4, 0.5) is 69.2 Å². The van der Waals surface area contributed by atoms with Crippen molar-refractivity contribution in [1.82, 2.24) is 0 Å². The topological polar surface area (TPSA) is 107 Å². The molecule has 25 heteroatoms. The van der Waals surface area contributed by atoms with Crippen molar-refractivity contribution >= 4 is 20.4 Å². The molecule has 0 saturated heterocycles. The van der Waals surface area contributed by atoms with Crippen LogP contribution in [0, 0.1) is 5.92 Å². The molecule has 0 amide bonds. The van der Waals surface area contributed by atoms with Crippen molar-refractivity contribution in [3.63, 3.8) is 0 Å². The van der Waals surface area contributed by atoms with E-state index in [4.69, 9.17) is 2.80 Å². The number of ether oxygens (including phenoxy) is 2. The minimum Gasteiger partial charge on any atom is -0.383 e. The van der Waals surface area contributed by atoms with E-state index in [1.165, 1.54) is 0 Å². The molecule has 230 valence electrons. The van der Waals surface area contributed by atoms with Crippen molar-refractivity contribution in [3.05, 3.63) is 0 Å². The highest BCUT2D eigenvalue weighted by atomic mass is 32.3. The zero-order valence-electron chi connectivity index (χ0n) is 19.2. The van der Waals surface area contributed by atoms with Gasteiger partial charge < -0.3 is 14.6 Å². The van der Waals surface area contributed by atoms with Gasteiger partial charge in [-0.1, -0.05) is 7.77 Å². The Labute approximate surface area is 204 Å². The molecule has 0 fully saturated rings. The fourth-order valence-electron chi connectivity index (χ4n) is 2.26. The SMILES string of the molecule is [3H]CC(OC(F)(F)C(F)(F)S(=O)(=O)F)C(CCC(C(O[3H])C(F)(F)F)C(F)(F)F)OC(F)(F)C(F)(F)S(=O)(=O)F. The summed E-state index contributed by atoms with van der Waals surface area (Å²) < 4.78 is 272. The van der Waals surface area contributed by atoms with E-state index in [0.29, 0.717) is 0 Å².